The molecular formula is H4Cr2O2. The first-order valence-electron chi connectivity index (χ1n) is 0. The summed E-state index contributed by atoms with van der Waals surface area (Å²) in [5, 5.41) is 0. The first-order chi connectivity index (χ1) is 0. The monoisotopic (exact) mass is 140 g/mol. The summed E-state index contributed by atoms with van der Waals surface area (Å²) in [4.78, 5) is 0. The van der Waals surface area contributed by atoms with Crippen molar-refractivity contribution in [2.45, 2.75) is 0 Å². The van der Waals surface area contributed by atoms with Gasteiger partial charge in [-0.25, -0.2) is 0 Å². The van der Waals surface area contributed by atoms with Crippen LogP contribution in [0.15, 0.2) is 0 Å². The van der Waals surface area contributed by atoms with E-state index in [-0.39, 0.29) is 45.7 Å². The third-order valence-electron chi connectivity index (χ3n) is 0. The molecule has 0 saturated carbocycles. The fourth-order valence-electron chi connectivity index (χ4n) is 0. The zero-order valence-corrected chi connectivity index (χ0v) is 4.37. The van der Waals surface area contributed by atoms with Gasteiger partial charge in [0, 0.05) is 34.7 Å². The van der Waals surface area contributed by atoms with E-state index in [4.69, 9.17) is 0 Å². The smallest absolute Gasteiger partial charge is 0 e. The Morgan fingerprint density at radius 2 is 0.500 bits per heavy atom. The van der Waals surface area contributed by atoms with Crippen molar-refractivity contribution in [3.63, 3.8) is 0 Å². The van der Waals surface area contributed by atoms with E-state index in [1.165, 1.54) is 0 Å². The van der Waals surface area contributed by atoms with E-state index in [1.807, 2.05) is 0 Å². The standard InChI is InChI=1S/2Cr.2H2O/h;;2*1H2. The molecule has 0 atom stereocenters. The van der Waals surface area contributed by atoms with Gasteiger partial charge < -0.3 is 11.0 Å². The van der Waals surface area contributed by atoms with Crippen molar-refractivity contribution in [2.24, 2.45) is 0 Å². The molecule has 0 aliphatic heterocycles. The third-order valence-corrected chi connectivity index (χ3v) is 0. The van der Waals surface area contributed by atoms with E-state index in [9.17, 15) is 0 Å². The van der Waals surface area contributed by atoms with Crippen molar-refractivity contribution in [2.75, 3.05) is 0 Å². The number of hydrogen-bond acceptors (Lipinski definition) is 0. The summed E-state index contributed by atoms with van der Waals surface area (Å²) in [5.41, 5.74) is 0. The average Bonchev–Trinajstić information content (AvgIpc) is 0. The second kappa shape index (κ2) is 36.6. The van der Waals surface area contributed by atoms with E-state index in [1.54, 1.807) is 0 Å². The van der Waals surface area contributed by atoms with Crippen LogP contribution in [0.25, 0.3) is 0 Å². The van der Waals surface area contributed by atoms with Crippen LogP contribution >= 0.6 is 0 Å². The Morgan fingerprint density at radius 1 is 0.500 bits per heavy atom. The molecule has 0 unspecified atom stereocenters. The van der Waals surface area contributed by atoms with Crippen LogP contribution in [-0.4, -0.2) is 11.0 Å². The van der Waals surface area contributed by atoms with Gasteiger partial charge in [-0.3, -0.25) is 0 Å². The fraction of sp³-hybridized carbons (Fsp3) is 0. The van der Waals surface area contributed by atoms with Gasteiger partial charge in [0.2, 0.25) is 0 Å². The molecule has 0 aliphatic rings. The van der Waals surface area contributed by atoms with Crippen molar-refractivity contribution in [1.29, 1.82) is 0 Å². The van der Waals surface area contributed by atoms with Crippen LogP contribution in [0.3, 0.4) is 0 Å². The van der Waals surface area contributed by atoms with Crippen molar-refractivity contribution in [3.8, 4) is 0 Å². The van der Waals surface area contributed by atoms with Crippen molar-refractivity contribution >= 4 is 0 Å². The Bertz CT molecular complexity index is 4.00. The van der Waals surface area contributed by atoms with Gasteiger partial charge in [-0.2, -0.15) is 0 Å². The summed E-state index contributed by atoms with van der Waals surface area (Å²) >= 11 is 0. The van der Waals surface area contributed by atoms with Crippen LogP contribution in [0.1, 0.15) is 0 Å². The Kier molecular flexibility index (Phi) is 747. The van der Waals surface area contributed by atoms with Crippen LogP contribution in [0.4, 0.5) is 0 Å². The molecule has 28 valence electrons. The summed E-state index contributed by atoms with van der Waals surface area (Å²) in [5.74, 6) is 0. The van der Waals surface area contributed by atoms with Gasteiger partial charge in [0.1, 0.15) is 0 Å². The largest absolute Gasteiger partial charge is 0.412 e. The minimum atomic E-state index is 0. The molecular weight excluding hydrogens is 136 g/mol. The fourth-order valence-corrected chi connectivity index (χ4v) is 0. The van der Waals surface area contributed by atoms with Gasteiger partial charge >= 0.3 is 0 Å². The molecule has 4 N–H and O–H groups in total. The minimum Gasteiger partial charge on any atom is -0.412 e. The molecule has 0 aromatic heterocycles. The molecule has 0 spiro atoms. The predicted octanol–water partition coefficient (Wildman–Crippen LogP) is -1.65. The SMILES string of the molecule is O.O.[Cr].[Cr]. The zero-order valence-electron chi connectivity index (χ0n) is 1.82. The molecule has 0 aromatic rings. The molecule has 0 bridgehead atoms. The third kappa shape index (κ3) is 12.1. The quantitative estimate of drug-likeness (QED) is 0.387. The van der Waals surface area contributed by atoms with Gasteiger partial charge in [-0.1, -0.05) is 0 Å². The van der Waals surface area contributed by atoms with Gasteiger partial charge in [-0.05, 0) is 0 Å². The maximum Gasteiger partial charge on any atom is 0 e. The molecule has 4 heteroatoms. The maximum atomic E-state index is 0. The van der Waals surface area contributed by atoms with Gasteiger partial charge in [0.15, 0.2) is 0 Å². The normalized spacial score (nSPS) is 0. The molecule has 0 fully saturated rings. The van der Waals surface area contributed by atoms with Crippen LogP contribution in [0, 0.1) is 0 Å². The van der Waals surface area contributed by atoms with E-state index < -0.39 is 0 Å². The first-order valence-corrected chi connectivity index (χ1v) is 0. The Morgan fingerprint density at radius 3 is 0.500 bits per heavy atom. The molecule has 0 amide bonds. The molecule has 2 nitrogen and oxygen atoms in total. The van der Waals surface area contributed by atoms with Gasteiger partial charge in [0.05, 0.1) is 0 Å². The Labute approximate surface area is 46.1 Å². The van der Waals surface area contributed by atoms with Crippen LogP contribution in [0.2, 0.25) is 0 Å². The van der Waals surface area contributed by atoms with Crippen molar-refractivity contribution < 1.29 is 45.7 Å². The van der Waals surface area contributed by atoms with Crippen molar-refractivity contribution in [1.82, 2.24) is 0 Å². The van der Waals surface area contributed by atoms with Gasteiger partial charge in [-0.15, -0.1) is 0 Å². The van der Waals surface area contributed by atoms with E-state index in [0.29, 0.717) is 0 Å². The number of rotatable bonds is 0. The van der Waals surface area contributed by atoms with E-state index in [2.05, 4.69) is 0 Å². The topological polar surface area (TPSA) is 63.0 Å². The summed E-state index contributed by atoms with van der Waals surface area (Å²) in [6, 6.07) is 0. The minimum absolute atomic E-state index is 0. The molecule has 0 heterocycles. The summed E-state index contributed by atoms with van der Waals surface area (Å²) in [6.07, 6.45) is 0. The number of hydrogen-bond donors (Lipinski definition) is 0. The summed E-state index contributed by atoms with van der Waals surface area (Å²) < 4.78 is 0. The summed E-state index contributed by atoms with van der Waals surface area (Å²) in [7, 11) is 0. The van der Waals surface area contributed by atoms with E-state index >= 15 is 0 Å². The first kappa shape index (κ1) is 81.6. The van der Waals surface area contributed by atoms with E-state index in [0.717, 1.165) is 0 Å². The molecule has 0 rings (SSSR count). The van der Waals surface area contributed by atoms with Crippen LogP contribution < -0.4 is 0 Å². The Balaban J connectivity index is 0. The maximum absolute atomic E-state index is 0. The van der Waals surface area contributed by atoms with Gasteiger partial charge in [0.25, 0.3) is 0 Å². The molecule has 0 saturated heterocycles. The second-order valence-corrected chi connectivity index (χ2v) is 0. The zero-order chi connectivity index (χ0) is 0. The van der Waals surface area contributed by atoms with Crippen molar-refractivity contribution in [3.05, 3.63) is 0 Å². The predicted molar refractivity (Wildman–Crippen MR) is 7.23 cm³/mol. The average molecular weight is 140 g/mol. The molecule has 0 aliphatic carbocycles. The molecule has 0 aromatic carbocycles. The second-order valence-electron chi connectivity index (χ2n) is 0. The molecule has 0 radical (unpaired) electrons. The Hall–Kier alpha value is 0.985. The van der Waals surface area contributed by atoms with Crippen LogP contribution in [0.5, 0.6) is 0 Å². The van der Waals surface area contributed by atoms with Crippen LogP contribution in [-0.2, 0) is 34.7 Å². The molecule has 4 heavy (non-hydrogen) atoms. The summed E-state index contributed by atoms with van der Waals surface area (Å²) in [6.45, 7) is 0.